The van der Waals surface area contributed by atoms with Crippen molar-refractivity contribution in [2.45, 2.75) is 65.2 Å². The molecule has 1 aliphatic carbocycles. The van der Waals surface area contributed by atoms with Crippen molar-refractivity contribution in [3.63, 3.8) is 0 Å². The van der Waals surface area contributed by atoms with Crippen LogP contribution in [0, 0.1) is 0 Å². The number of nitrogens with zero attached hydrogens (tertiary/aromatic N) is 2. The molecule has 172 valence electrons. The lowest BCUT2D eigenvalue weighted by Crippen LogP contribution is -2.14. The summed E-state index contributed by atoms with van der Waals surface area (Å²) in [7, 11) is 1.69. The molecule has 0 radical (unpaired) electrons. The Morgan fingerprint density at radius 1 is 1.12 bits per heavy atom. The van der Waals surface area contributed by atoms with Gasteiger partial charge < -0.3 is 10.1 Å². The van der Waals surface area contributed by atoms with Gasteiger partial charge in [0.1, 0.15) is 5.75 Å². The van der Waals surface area contributed by atoms with E-state index in [-0.39, 0.29) is 0 Å². The summed E-state index contributed by atoms with van der Waals surface area (Å²) in [6.07, 6.45) is 19.7. The fourth-order valence-electron chi connectivity index (χ4n) is 3.57. The third kappa shape index (κ3) is 9.51. The molecule has 1 aromatic carbocycles. The number of benzene rings is 1. The minimum Gasteiger partial charge on any atom is -0.494 e. The lowest BCUT2D eigenvalue weighted by Gasteiger charge is -2.18. The van der Waals surface area contributed by atoms with Gasteiger partial charge in [-0.1, -0.05) is 62.8 Å². The average Bonchev–Trinajstić information content (AvgIpc) is 2.81. The van der Waals surface area contributed by atoms with Crippen LogP contribution in [0.2, 0.25) is 0 Å². The zero-order chi connectivity index (χ0) is 23.0. The van der Waals surface area contributed by atoms with Crippen molar-refractivity contribution in [3.8, 4) is 5.75 Å². The molecule has 0 amide bonds. The van der Waals surface area contributed by atoms with E-state index in [1.807, 2.05) is 31.2 Å². The standard InChI is InChI=1S/C28H39N3O/c1-5-7-8-12-25-13-9-10-15-28(25)30-23(3)16-17-24-18-20-27(21-19-24)32-22-11-14-26(6-2)31-29-4/h6,13,15-21,30H,3,5,7-12,14,22H2,1-2,4H3/b17-16+,26-6-,31-29?. The number of nitrogens with one attached hydrogen (secondary N) is 1. The van der Waals surface area contributed by atoms with Crippen molar-refractivity contribution < 1.29 is 4.74 Å². The first-order chi connectivity index (χ1) is 15.7. The molecule has 0 spiro atoms. The number of rotatable bonds is 14. The van der Waals surface area contributed by atoms with E-state index in [1.54, 1.807) is 7.05 Å². The van der Waals surface area contributed by atoms with Gasteiger partial charge in [-0.15, -0.1) is 0 Å². The summed E-state index contributed by atoms with van der Waals surface area (Å²) in [4.78, 5) is 0. The van der Waals surface area contributed by atoms with Crippen molar-refractivity contribution in [1.82, 2.24) is 5.32 Å². The predicted molar refractivity (Wildman–Crippen MR) is 137 cm³/mol. The van der Waals surface area contributed by atoms with E-state index in [0.29, 0.717) is 6.61 Å². The first-order valence-corrected chi connectivity index (χ1v) is 11.9. The molecule has 0 unspecified atom stereocenters. The van der Waals surface area contributed by atoms with Crippen molar-refractivity contribution in [2.24, 2.45) is 10.2 Å². The molecule has 1 aromatic rings. The SMILES string of the molecule is C=C(/C=C/c1ccc(OCCC/C(=C/C)N=NC)cc1)NC1=CCCC=C1CCCCC. The Labute approximate surface area is 194 Å². The van der Waals surface area contributed by atoms with Crippen LogP contribution >= 0.6 is 0 Å². The van der Waals surface area contributed by atoms with Crippen molar-refractivity contribution in [2.75, 3.05) is 13.7 Å². The van der Waals surface area contributed by atoms with E-state index >= 15 is 0 Å². The maximum absolute atomic E-state index is 5.85. The molecule has 1 aliphatic rings. The molecular formula is C28H39N3O. The molecule has 2 rings (SSSR count). The normalized spacial score (nSPS) is 14.5. The first-order valence-electron chi connectivity index (χ1n) is 11.9. The number of unbranched alkanes of at least 4 members (excludes halogenated alkanes) is 2. The second-order valence-electron chi connectivity index (χ2n) is 7.97. The summed E-state index contributed by atoms with van der Waals surface area (Å²) in [5.41, 5.74) is 5.69. The molecule has 0 aliphatic heterocycles. The van der Waals surface area contributed by atoms with Crippen LogP contribution in [0.5, 0.6) is 5.75 Å². The number of azo groups is 1. The zero-order valence-electron chi connectivity index (χ0n) is 20.1. The summed E-state index contributed by atoms with van der Waals surface area (Å²) in [6, 6.07) is 8.16. The Balaban J connectivity index is 1.78. The highest BCUT2D eigenvalue weighted by atomic mass is 16.5. The Kier molecular flexibility index (Phi) is 11.9. The van der Waals surface area contributed by atoms with Gasteiger partial charge in [-0.3, -0.25) is 0 Å². The Hall–Kier alpha value is -2.88. The number of allylic oxidation sites excluding steroid dienone is 6. The number of hydrogen-bond donors (Lipinski definition) is 1. The fourth-order valence-corrected chi connectivity index (χ4v) is 3.57. The van der Waals surface area contributed by atoms with Gasteiger partial charge in [0.05, 0.1) is 12.3 Å². The number of hydrogen-bond acceptors (Lipinski definition) is 4. The summed E-state index contributed by atoms with van der Waals surface area (Å²) in [5.74, 6) is 0.882. The lowest BCUT2D eigenvalue weighted by molar-refractivity contribution is 0.310. The Morgan fingerprint density at radius 2 is 1.91 bits per heavy atom. The van der Waals surface area contributed by atoms with Gasteiger partial charge in [0.25, 0.3) is 0 Å². The molecule has 1 N–H and O–H groups in total. The van der Waals surface area contributed by atoms with Crippen LogP contribution in [0.1, 0.15) is 70.8 Å². The first kappa shape index (κ1) is 25.4. The van der Waals surface area contributed by atoms with Crippen LogP contribution in [-0.4, -0.2) is 13.7 Å². The number of ether oxygens (including phenoxy) is 1. The van der Waals surface area contributed by atoms with Crippen LogP contribution < -0.4 is 10.1 Å². The second kappa shape index (κ2) is 15.0. The Bertz CT molecular complexity index is 857. The zero-order valence-corrected chi connectivity index (χ0v) is 20.1. The molecule has 4 nitrogen and oxygen atoms in total. The molecule has 0 aromatic heterocycles. The van der Waals surface area contributed by atoms with Crippen LogP contribution in [0.4, 0.5) is 0 Å². The molecular weight excluding hydrogens is 394 g/mol. The van der Waals surface area contributed by atoms with Crippen LogP contribution in [0.25, 0.3) is 6.08 Å². The van der Waals surface area contributed by atoms with Crippen molar-refractivity contribution >= 4 is 6.08 Å². The average molecular weight is 434 g/mol. The quantitative estimate of drug-likeness (QED) is 0.183. The van der Waals surface area contributed by atoms with Crippen molar-refractivity contribution in [3.05, 3.63) is 83.4 Å². The second-order valence-corrected chi connectivity index (χ2v) is 7.97. The molecule has 0 saturated heterocycles. The van der Waals surface area contributed by atoms with Gasteiger partial charge in [-0.05, 0) is 74.8 Å². The Morgan fingerprint density at radius 3 is 2.62 bits per heavy atom. The monoisotopic (exact) mass is 433 g/mol. The van der Waals surface area contributed by atoms with E-state index in [2.05, 4.69) is 59.4 Å². The van der Waals surface area contributed by atoms with Crippen LogP contribution in [-0.2, 0) is 0 Å². The van der Waals surface area contributed by atoms with Gasteiger partial charge in [-0.25, -0.2) is 0 Å². The van der Waals surface area contributed by atoms with E-state index in [4.69, 9.17) is 4.74 Å². The molecule has 0 heterocycles. The molecule has 32 heavy (non-hydrogen) atoms. The van der Waals surface area contributed by atoms with Gasteiger partial charge in [0.15, 0.2) is 0 Å². The maximum atomic E-state index is 5.85. The largest absolute Gasteiger partial charge is 0.494 e. The third-order valence-electron chi connectivity index (χ3n) is 5.36. The highest BCUT2D eigenvalue weighted by Crippen LogP contribution is 2.23. The minimum atomic E-state index is 0.662. The summed E-state index contributed by atoms with van der Waals surface area (Å²) < 4.78 is 5.85. The maximum Gasteiger partial charge on any atom is 0.119 e. The van der Waals surface area contributed by atoms with E-state index < -0.39 is 0 Å². The highest BCUT2D eigenvalue weighted by Gasteiger charge is 2.08. The van der Waals surface area contributed by atoms with Crippen LogP contribution in [0.3, 0.4) is 0 Å². The van der Waals surface area contributed by atoms with E-state index in [1.165, 1.54) is 30.5 Å². The van der Waals surface area contributed by atoms with E-state index in [0.717, 1.165) is 54.8 Å². The summed E-state index contributed by atoms with van der Waals surface area (Å²) >= 11 is 0. The molecule has 0 fully saturated rings. The topological polar surface area (TPSA) is 46.0 Å². The van der Waals surface area contributed by atoms with Gasteiger partial charge in [0.2, 0.25) is 0 Å². The molecule has 0 atom stereocenters. The van der Waals surface area contributed by atoms with Gasteiger partial charge in [0, 0.05) is 18.4 Å². The van der Waals surface area contributed by atoms with Gasteiger partial charge >= 0.3 is 0 Å². The molecule has 0 saturated carbocycles. The van der Waals surface area contributed by atoms with Gasteiger partial charge in [-0.2, -0.15) is 10.2 Å². The summed E-state index contributed by atoms with van der Waals surface area (Å²) in [5, 5.41) is 11.4. The summed E-state index contributed by atoms with van der Waals surface area (Å²) in [6.45, 7) is 9.08. The lowest BCUT2D eigenvalue weighted by atomic mass is 9.97. The minimum absolute atomic E-state index is 0.662. The van der Waals surface area contributed by atoms with Crippen LogP contribution in [0.15, 0.2) is 88.0 Å². The van der Waals surface area contributed by atoms with Crippen molar-refractivity contribution in [1.29, 1.82) is 0 Å². The highest BCUT2D eigenvalue weighted by molar-refractivity contribution is 5.54. The molecule has 4 heteroatoms. The smallest absolute Gasteiger partial charge is 0.119 e. The third-order valence-corrected chi connectivity index (χ3v) is 5.36. The van der Waals surface area contributed by atoms with E-state index in [9.17, 15) is 0 Å². The fraction of sp³-hybridized carbons (Fsp3) is 0.429. The molecule has 0 bridgehead atoms. The predicted octanol–water partition coefficient (Wildman–Crippen LogP) is 8.13.